The highest BCUT2D eigenvalue weighted by Gasteiger charge is 2.40. The second-order valence-electron chi connectivity index (χ2n) is 6.28. The van der Waals surface area contributed by atoms with Gasteiger partial charge >= 0.3 is 0 Å². The minimum atomic E-state index is -0.121. The van der Waals surface area contributed by atoms with Gasteiger partial charge < -0.3 is 14.8 Å². The highest BCUT2D eigenvalue weighted by Crippen LogP contribution is 2.41. The van der Waals surface area contributed by atoms with E-state index in [0.29, 0.717) is 0 Å². The zero-order chi connectivity index (χ0) is 17.3. The van der Waals surface area contributed by atoms with Crippen molar-refractivity contribution in [2.45, 2.75) is 24.9 Å². The molecule has 0 saturated heterocycles. The Morgan fingerprint density at radius 2 is 2.21 bits per heavy atom. The number of hydrogen-bond donors (Lipinski definition) is 1. The van der Waals surface area contributed by atoms with Crippen LogP contribution in [0, 0.1) is 5.82 Å². The standard InChI is InChI=1S/C18H22BrFN4/c1-21-18(24(3)11-13-8-12(19)10-23(13)2)22-17-9-15(17)14-6-4-5-7-16(14)20/h4-8,10,15,17H,9,11H2,1-3H3,(H,21,22). The van der Waals surface area contributed by atoms with E-state index in [0.717, 1.165) is 29.0 Å². The number of aryl methyl sites for hydroxylation is 1. The first-order valence-electron chi connectivity index (χ1n) is 7.99. The van der Waals surface area contributed by atoms with Gasteiger partial charge in [0.1, 0.15) is 5.82 Å². The maximum absolute atomic E-state index is 13.9. The molecule has 1 fully saturated rings. The smallest absolute Gasteiger partial charge is 0.193 e. The van der Waals surface area contributed by atoms with Gasteiger partial charge in [0.05, 0.1) is 6.54 Å². The predicted molar refractivity (Wildman–Crippen MR) is 98.6 cm³/mol. The van der Waals surface area contributed by atoms with Crippen LogP contribution in [0.4, 0.5) is 4.39 Å². The molecule has 2 unspecified atom stereocenters. The van der Waals surface area contributed by atoms with Crippen LogP contribution in [0.3, 0.4) is 0 Å². The van der Waals surface area contributed by atoms with E-state index in [1.54, 1.807) is 13.1 Å². The fraction of sp³-hybridized carbons (Fsp3) is 0.389. The molecule has 2 atom stereocenters. The van der Waals surface area contributed by atoms with Crippen molar-refractivity contribution in [3.05, 3.63) is 58.1 Å². The van der Waals surface area contributed by atoms with Crippen molar-refractivity contribution in [3.8, 4) is 0 Å². The molecule has 24 heavy (non-hydrogen) atoms. The lowest BCUT2D eigenvalue weighted by atomic mass is 10.1. The average Bonchev–Trinajstić information content (AvgIpc) is 3.23. The molecule has 0 radical (unpaired) electrons. The molecule has 0 amide bonds. The molecule has 1 heterocycles. The molecule has 1 aromatic carbocycles. The topological polar surface area (TPSA) is 32.6 Å². The van der Waals surface area contributed by atoms with Gasteiger partial charge in [-0.15, -0.1) is 0 Å². The molecular formula is C18H22BrFN4. The Morgan fingerprint density at radius 1 is 1.46 bits per heavy atom. The predicted octanol–water partition coefficient (Wildman–Crippen LogP) is 3.49. The number of aromatic nitrogens is 1. The number of nitrogens with one attached hydrogen (secondary N) is 1. The van der Waals surface area contributed by atoms with Crippen LogP contribution < -0.4 is 5.32 Å². The Balaban J connectivity index is 1.62. The number of nitrogens with zero attached hydrogens (tertiary/aromatic N) is 3. The fourth-order valence-corrected chi connectivity index (χ4v) is 3.60. The number of rotatable bonds is 4. The van der Waals surface area contributed by atoms with Crippen LogP contribution in [-0.2, 0) is 13.6 Å². The molecule has 2 aromatic rings. The van der Waals surface area contributed by atoms with Crippen LogP contribution in [0.5, 0.6) is 0 Å². The summed E-state index contributed by atoms with van der Waals surface area (Å²) < 4.78 is 17.0. The Kier molecular flexibility index (Phi) is 4.94. The van der Waals surface area contributed by atoms with E-state index >= 15 is 0 Å². The van der Waals surface area contributed by atoms with E-state index in [4.69, 9.17) is 0 Å². The van der Waals surface area contributed by atoms with Crippen molar-refractivity contribution < 1.29 is 4.39 Å². The average molecular weight is 393 g/mol. The van der Waals surface area contributed by atoms with E-state index in [1.165, 1.54) is 11.8 Å². The van der Waals surface area contributed by atoms with E-state index in [2.05, 4.69) is 41.8 Å². The molecular weight excluding hydrogens is 371 g/mol. The van der Waals surface area contributed by atoms with E-state index in [9.17, 15) is 4.39 Å². The summed E-state index contributed by atoms with van der Waals surface area (Å²) in [5.74, 6) is 0.931. The Bertz CT molecular complexity index is 755. The summed E-state index contributed by atoms with van der Waals surface area (Å²) in [7, 11) is 5.82. The van der Waals surface area contributed by atoms with Crippen LogP contribution in [0.1, 0.15) is 23.6 Å². The summed E-state index contributed by atoms with van der Waals surface area (Å²) in [6.07, 6.45) is 2.97. The van der Waals surface area contributed by atoms with Gasteiger partial charge in [-0.05, 0) is 40.0 Å². The van der Waals surface area contributed by atoms with Crippen LogP contribution in [0.2, 0.25) is 0 Å². The van der Waals surface area contributed by atoms with Crippen molar-refractivity contribution in [2.75, 3.05) is 14.1 Å². The third-order valence-electron chi connectivity index (χ3n) is 4.46. The minimum Gasteiger partial charge on any atom is -0.353 e. The summed E-state index contributed by atoms with van der Waals surface area (Å²) in [4.78, 5) is 6.45. The van der Waals surface area contributed by atoms with Crippen LogP contribution in [0.15, 0.2) is 46.0 Å². The van der Waals surface area contributed by atoms with E-state index in [-0.39, 0.29) is 17.8 Å². The van der Waals surface area contributed by atoms with Crippen molar-refractivity contribution in [1.82, 2.24) is 14.8 Å². The number of halogens is 2. The summed E-state index contributed by atoms with van der Waals surface area (Å²) in [5, 5.41) is 3.45. The fourth-order valence-electron chi connectivity index (χ4n) is 3.03. The Labute approximate surface area is 150 Å². The molecule has 1 saturated carbocycles. The third-order valence-corrected chi connectivity index (χ3v) is 4.89. The van der Waals surface area contributed by atoms with Gasteiger partial charge in [-0.3, -0.25) is 4.99 Å². The van der Waals surface area contributed by atoms with E-state index < -0.39 is 0 Å². The minimum absolute atomic E-state index is 0.121. The quantitative estimate of drug-likeness (QED) is 0.637. The summed E-state index contributed by atoms with van der Waals surface area (Å²) in [6.45, 7) is 0.749. The van der Waals surface area contributed by atoms with Gasteiger partial charge in [-0.1, -0.05) is 18.2 Å². The number of benzene rings is 1. The Hall–Kier alpha value is -1.82. The van der Waals surface area contributed by atoms with Gasteiger partial charge in [0.25, 0.3) is 0 Å². The number of hydrogen-bond acceptors (Lipinski definition) is 1. The number of aliphatic imine (C=N–C) groups is 1. The number of guanidine groups is 1. The first-order chi connectivity index (χ1) is 11.5. The second kappa shape index (κ2) is 6.97. The van der Waals surface area contributed by atoms with Crippen molar-refractivity contribution in [1.29, 1.82) is 0 Å². The highest BCUT2D eigenvalue weighted by atomic mass is 79.9. The van der Waals surface area contributed by atoms with Crippen LogP contribution >= 0.6 is 15.9 Å². The molecule has 0 bridgehead atoms. The highest BCUT2D eigenvalue weighted by molar-refractivity contribution is 9.10. The SMILES string of the molecule is CN=C(NC1CC1c1ccccc1F)N(C)Cc1cc(Br)cn1C. The third kappa shape index (κ3) is 3.64. The normalized spacial score (nSPS) is 20.1. The van der Waals surface area contributed by atoms with Crippen molar-refractivity contribution in [3.63, 3.8) is 0 Å². The van der Waals surface area contributed by atoms with Crippen molar-refractivity contribution >= 4 is 21.9 Å². The molecule has 1 aromatic heterocycles. The molecule has 3 rings (SSSR count). The maximum atomic E-state index is 13.9. The molecule has 128 valence electrons. The summed E-state index contributed by atoms with van der Waals surface area (Å²) in [5.41, 5.74) is 1.98. The molecule has 0 aliphatic heterocycles. The molecule has 1 aliphatic rings. The monoisotopic (exact) mass is 392 g/mol. The van der Waals surface area contributed by atoms with Gasteiger partial charge in [-0.2, -0.15) is 0 Å². The van der Waals surface area contributed by atoms with Crippen LogP contribution in [0.25, 0.3) is 0 Å². The lowest BCUT2D eigenvalue weighted by molar-refractivity contribution is 0.460. The molecule has 1 N–H and O–H groups in total. The van der Waals surface area contributed by atoms with Gasteiger partial charge in [0, 0.05) is 49.5 Å². The Morgan fingerprint density at radius 3 is 2.83 bits per heavy atom. The second-order valence-corrected chi connectivity index (χ2v) is 7.19. The first kappa shape index (κ1) is 17.0. The summed E-state index contributed by atoms with van der Waals surface area (Å²) in [6, 6.07) is 9.36. The lowest BCUT2D eigenvalue weighted by Crippen LogP contribution is -2.40. The molecule has 0 spiro atoms. The lowest BCUT2D eigenvalue weighted by Gasteiger charge is -2.22. The molecule has 1 aliphatic carbocycles. The van der Waals surface area contributed by atoms with E-state index in [1.807, 2.05) is 32.4 Å². The molecule has 6 heteroatoms. The maximum Gasteiger partial charge on any atom is 0.193 e. The van der Waals surface area contributed by atoms with Gasteiger partial charge in [0.15, 0.2) is 5.96 Å². The van der Waals surface area contributed by atoms with Gasteiger partial charge in [0.2, 0.25) is 0 Å². The summed E-state index contributed by atoms with van der Waals surface area (Å²) >= 11 is 3.50. The largest absolute Gasteiger partial charge is 0.353 e. The van der Waals surface area contributed by atoms with Crippen LogP contribution in [-0.4, -0.2) is 35.6 Å². The zero-order valence-corrected chi connectivity index (χ0v) is 15.7. The zero-order valence-electron chi connectivity index (χ0n) is 14.1. The molecule has 4 nitrogen and oxygen atoms in total. The first-order valence-corrected chi connectivity index (χ1v) is 8.78. The van der Waals surface area contributed by atoms with Gasteiger partial charge in [-0.25, -0.2) is 4.39 Å². The van der Waals surface area contributed by atoms with Crippen molar-refractivity contribution in [2.24, 2.45) is 12.0 Å².